The number of hydrogen-bond donors (Lipinski definition) is 1. The molecule has 0 bridgehead atoms. The Labute approximate surface area is 221 Å². The van der Waals surface area contributed by atoms with Gasteiger partial charge in [-0.15, -0.1) is 22.7 Å². The number of halogens is 5. The van der Waals surface area contributed by atoms with E-state index in [1.165, 1.54) is 11.3 Å². The number of aromatic nitrogens is 4. The number of fused-ring (bicyclic) bond motifs is 2. The van der Waals surface area contributed by atoms with Crippen LogP contribution in [0.3, 0.4) is 0 Å². The van der Waals surface area contributed by atoms with Gasteiger partial charge in [-0.05, 0) is 48.2 Å². The van der Waals surface area contributed by atoms with Gasteiger partial charge in [-0.25, -0.2) is 15.0 Å². The zero-order valence-corrected chi connectivity index (χ0v) is 20.5. The van der Waals surface area contributed by atoms with Crippen LogP contribution in [0.1, 0.15) is 14.9 Å². The summed E-state index contributed by atoms with van der Waals surface area (Å²) in [7, 11) is 0. The van der Waals surface area contributed by atoms with Gasteiger partial charge in [0.05, 0.1) is 9.40 Å². The van der Waals surface area contributed by atoms with Crippen LogP contribution in [0.25, 0.3) is 20.7 Å². The predicted molar refractivity (Wildman–Crippen MR) is 121 cm³/mol. The zero-order valence-electron chi connectivity index (χ0n) is 14.4. The van der Waals surface area contributed by atoms with E-state index in [1.54, 1.807) is 29.8 Å². The molecule has 31 heavy (non-hydrogen) atoms. The summed E-state index contributed by atoms with van der Waals surface area (Å²) >= 11 is 12.1. The molecule has 2 N–H and O–H groups in total. The molecule has 0 unspecified atom stereocenters. The number of nitrogens with zero attached hydrogens (tertiary/aromatic N) is 3. The number of alkyl halides is 5. The van der Waals surface area contributed by atoms with Gasteiger partial charge in [0.25, 0.3) is 5.76 Å². The Morgan fingerprint density at radius 2 is 1.55 bits per heavy atom. The largest absolute Gasteiger partial charge is 1.00 e. The predicted octanol–water partition coefficient (Wildman–Crippen LogP) is 4.91. The zero-order chi connectivity index (χ0) is 19.8. The van der Waals surface area contributed by atoms with Gasteiger partial charge in [0.2, 0.25) is 0 Å². The van der Waals surface area contributed by atoms with Crippen molar-refractivity contribution in [2.75, 3.05) is 0 Å². The number of H-pyrrole nitrogens is 1. The molecule has 4 heterocycles. The van der Waals surface area contributed by atoms with Crippen molar-refractivity contribution >= 4 is 78.9 Å². The second-order valence-electron chi connectivity index (χ2n) is 4.30. The van der Waals surface area contributed by atoms with Crippen molar-refractivity contribution < 1.29 is 52.6 Å². The summed E-state index contributed by atoms with van der Waals surface area (Å²) < 4.78 is 47.2. The van der Waals surface area contributed by atoms with Crippen LogP contribution >= 0.6 is 58.3 Å². The molecule has 0 saturated heterocycles. The van der Waals surface area contributed by atoms with Gasteiger partial charge in [-0.2, -0.15) is 17.6 Å². The van der Waals surface area contributed by atoms with Crippen LogP contribution in [-0.4, -0.2) is 37.1 Å². The number of rotatable bonds is 2. The number of thiazole rings is 2. The Bertz CT molecular complexity index is 979. The fourth-order valence-corrected chi connectivity index (χ4v) is 4.35. The quantitative estimate of drug-likeness (QED) is 0.127. The average molecular weight is 545 g/mol. The molecular formula is C16H18ClF4N4NaOS4. The number of hydrogen-bond acceptors (Lipinski definition) is 8. The molecule has 0 fully saturated rings. The standard InChI is InChI=1S/C7H4F2N2S2.C6H4N2S2.CHClF2.2CH4.Na.H2O/c8-6(9)13-7-11-5-4(12-7)2-1-3-10-5;9-6-8-5-4(10-6)2-1-3-7-5;2-1(3)4;;;;/h1-3,6H;1-3H,(H,7,8,9);1H;2*1H4;;1H2/q;;;;;+1;/p-1. The molecule has 0 saturated carbocycles. The Morgan fingerprint density at radius 3 is 2.06 bits per heavy atom. The van der Waals surface area contributed by atoms with Crippen LogP contribution < -0.4 is 29.6 Å². The summed E-state index contributed by atoms with van der Waals surface area (Å²) in [5, 5.41) is 0. The minimum Gasteiger partial charge on any atom is -0.870 e. The molecule has 4 aromatic rings. The summed E-state index contributed by atoms with van der Waals surface area (Å²) in [5.41, 5.74) is 1.42. The van der Waals surface area contributed by atoms with Crippen molar-refractivity contribution in [3.05, 3.63) is 40.6 Å². The summed E-state index contributed by atoms with van der Waals surface area (Å²) in [6, 6.07) is 7.48. The molecule has 0 radical (unpaired) electrons. The van der Waals surface area contributed by atoms with Crippen molar-refractivity contribution in [1.82, 2.24) is 19.9 Å². The monoisotopic (exact) mass is 544 g/mol. The maximum atomic E-state index is 12.0. The molecule has 4 rings (SSSR count). The normalized spacial score (nSPS) is 9.26. The third kappa shape index (κ3) is 13.0. The van der Waals surface area contributed by atoms with Gasteiger partial charge in [-0.3, -0.25) is 0 Å². The molecule has 0 aliphatic rings. The van der Waals surface area contributed by atoms with Gasteiger partial charge in [0.1, 0.15) is 5.65 Å². The van der Waals surface area contributed by atoms with E-state index in [9.17, 15) is 17.6 Å². The van der Waals surface area contributed by atoms with Gasteiger partial charge in [-0.1, -0.05) is 26.5 Å². The molecule has 0 aliphatic heterocycles. The van der Waals surface area contributed by atoms with E-state index in [2.05, 4.69) is 31.5 Å². The SMILES string of the molecule is C.C.FC(F)Cl.FC(F)Sc1nc2ncccc2s1.S=c1[nH]c2ncccc2s1.[Na+].[OH-]. The molecule has 168 valence electrons. The van der Waals surface area contributed by atoms with E-state index in [0.29, 0.717) is 21.7 Å². The van der Waals surface area contributed by atoms with E-state index < -0.39 is 11.6 Å². The Morgan fingerprint density at radius 1 is 1.00 bits per heavy atom. The summed E-state index contributed by atoms with van der Waals surface area (Å²) in [6.45, 7) is 0. The molecule has 4 aromatic heterocycles. The minimum absolute atomic E-state index is 0. The summed E-state index contributed by atoms with van der Waals surface area (Å²) in [4.78, 5) is 15.0. The number of nitrogens with one attached hydrogen (secondary N) is 1. The molecule has 0 aromatic carbocycles. The molecule has 5 nitrogen and oxygen atoms in total. The summed E-state index contributed by atoms with van der Waals surface area (Å²) in [6.07, 6.45) is 3.35. The topological polar surface area (TPSA) is 84.5 Å². The van der Waals surface area contributed by atoms with Crippen LogP contribution in [0.4, 0.5) is 17.6 Å². The van der Waals surface area contributed by atoms with Crippen LogP contribution in [0.2, 0.25) is 0 Å². The first kappa shape index (κ1) is 35.2. The van der Waals surface area contributed by atoms with Crippen LogP contribution in [-0.2, 0) is 0 Å². The Balaban J connectivity index is -0.000000396. The van der Waals surface area contributed by atoms with Gasteiger partial charge < -0.3 is 10.5 Å². The maximum absolute atomic E-state index is 12.0. The van der Waals surface area contributed by atoms with Crippen LogP contribution in [0.5, 0.6) is 0 Å². The van der Waals surface area contributed by atoms with Crippen LogP contribution in [0.15, 0.2) is 41.0 Å². The second-order valence-corrected chi connectivity index (χ2v) is 8.61. The Hall–Kier alpha value is -0.380. The van der Waals surface area contributed by atoms with Crippen molar-refractivity contribution in [1.29, 1.82) is 0 Å². The Kier molecular flexibility index (Phi) is 20.6. The van der Waals surface area contributed by atoms with E-state index in [4.69, 9.17) is 12.2 Å². The smallest absolute Gasteiger partial charge is 0.870 e. The van der Waals surface area contributed by atoms with Gasteiger partial charge in [0, 0.05) is 12.4 Å². The maximum Gasteiger partial charge on any atom is 1.00 e. The van der Waals surface area contributed by atoms with E-state index >= 15 is 0 Å². The molecule has 15 heteroatoms. The van der Waals surface area contributed by atoms with E-state index in [-0.39, 0.29) is 49.9 Å². The van der Waals surface area contributed by atoms with Crippen molar-refractivity contribution in [3.8, 4) is 0 Å². The van der Waals surface area contributed by atoms with Crippen molar-refractivity contribution in [3.63, 3.8) is 0 Å². The molecule has 0 spiro atoms. The third-order valence-electron chi connectivity index (χ3n) is 2.53. The number of aromatic amines is 1. The first-order valence-corrected chi connectivity index (χ1v) is 10.2. The van der Waals surface area contributed by atoms with Crippen molar-refractivity contribution in [2.24, 2.45) is 0 Å². The molecular weight excluding hydrogens is 527 g/mol. The molecule has 0 amide bonds. The van der Waals surface area contributed by atoms with E-state index in [1.807, 2.05) is 18.2 Å². The first-order chi connectivity index (χ1) is 12.8. The number of pyridine rings is 2. The van der Waals surface area contributed by atoms with Gasteiger partial charge in [0.15, 0.2) is 13.9 Å². The van der Waals surface area contributed by atoms with E-state index in [0.717, 1.165) is 19.0 Å². The first-order valence-electron chi connectivity index (χ1n) is 6.87. The summed E-state index contributed by atoms with van der Waals surface area (Å²) in [5.74, 6) is -5.11. The average Bonchev–Trinajstić information content (AvgIpc) is 3.15. The van der Waals surface area contributed by atoms with Crippen molar-refractivity contribution in [2.45, 2.75) is 30.8 Å². The molecule has 0 aliphatic carbocycles. The number of thioether (sulfide) groups is 1. The molecule has 0 atom stereocenters. The van der Waals surface area contributed by atoms with Crippen LogP contribution in [0, 0.1) is 3.95 Å². The fourth-order valence-electron chi connectivity index (χ4n) is 1.66. The second kappa shape index (κ2) is 18.1. The van der Waals surface area contributed by atoms with Gasteiger partial charge >= 0.3 is 35.4 Å². The fraction of sp³-hybridized carbons (Fsp3) is 0.250. The minimum atomic E-state index is -2.69. The third-order valence-corrected chi connectivity index (χ3v) is 5.53.